The summed E-state index contributed by atoms with van der Waals surface area (Å²) in [6, 6.07) is 4.00. The van der Waals surface area contributed by atoms with Gasteiger partial charge >= 0.3 is 5.97 Å². The Morgan fingerprint density at radius 1 is 1.19 bits per heavy atom. The van der Waals surface area contributed by atoms with Crippen molar-refractivity contribution in [3.8, 4) is 0 Å². The van der Waals surface area contributed by atoms with Gasteiger partial charge in [0, 0.05) is 30.3 Å². The molecule has 172 valence electrons. The van der Waals surface area contributed by atoms with E-state index in [9.17, 15) is 24.5 Å². The van der Waals surface area contributed by atoms with E-state index < -0.39 is 16.8 Å². The Morgan fingerprint density at radius 2 is 1.81 bits per heavy atom. The Labute approximate surface area is 190 Å². The summed E-state index contributed by atoms with van der Waals surface area (Å²) in [4.78, 5) is 51.1. The highest BCUT2D eigenvalue weighted by Crippen LogP contribution is 2.35. The molecule has 2 aromatic rings. The third-order valence-corrected chi connectivity index (χ3v) is 6.02. The molecule has 1 N–H and O–H groups in total. The number of thiophene rings is 1. The van der Waals surface area contributed by atoms with Crippen LogP contribution in [0.15, 0.2) is 18.2 Å². The number of carbonyl (C=O) groups excluding carboxylic acids is 3. The quantitative estimate of drug-likeness (QED) is 0.349. The first kappa shape index (κ1) is 25.0. The van der Waals surface area contributed by atoms with Crippen molar-refractivity contribution in [2.24, 2.45) is 0 Å². The predicted molar refractivity (Wildman–Crippen MR) is 123 cm³/mol. The maximum atomic E-state index is 12.9. The number of anilines is 1. The highest BCUT2D eigenvalue weighted by molar-refractivity contribution is 7.18. The number of nitro benzene ring substituents is 1. The Balaban J connectivity index is 2.49. The topological polar surface area (TPSA) is 119 Å². The molecule has 32 heavy (non-hydrogen) atoms. The predicted octanol–water partition coefficient (Wildman–Crippen LogP) is 4.57. The molecule has 0 aliphatic rings. The Hall–Kier alpha value is -3.27. The average Bonchev–Trinajstić information content (AvgIpc) is 3.03. The summed E-state index contributed by atoms with van der Waals surface area (Å²) in [7, 11) is 0. The van der Waals surface area contributed by atoms with Gasteiger partial charge in [-0.15, -0.1) is 11.3 Å². The first-order chi connectivity index (χ1) is 15.0. The van der Waals surface area contributed by atoms with E-state index in [1.54, 1.807) is 25.7 Å². The molecule has 9 nitrogen and oxygen atoms in total. The van der Waals surface area contributed by atoms with Crippen LogP contribution in [0, 0.1) is 24.0 Å². The van der Waals surface area contributed by atoms with Crippen LogP contribution < -0.4 is 5.32 Å². The maximum absolute atomic E-state index is 12.9. The minimum absolute atomic E-state index is 0.0955. The summed E-state index contributed by atoms with van der Waals surface area (Å²) < 4.78 is 5.33. The molecule has 0 bridgehead atoms. The van der Waals surface area contributed by atoms with Gasteiger partial charge in [0.2, 0.25) is 0 Å². The molecular weight excluding hydrogens is 434 g/mol. The number of carbonyl (C=O) groups is 3. The molecule has 2 amide bonds. The molecule has 0 saturated carbocycles. The van der Waals surface area contributed by atoms with E-state index >= 15 is 0 Å². The summed E-state index contributed by atoms with van der Waals surface area (Å²) in [5, 5.41) is 13.9. The number of amides is 2. The normalized spacial score (nSPS) is 10.7. The first-order valence-electron chi connectivity index (χ1n) is 10.2. The summed E-state index contributed by atoms with van der Waals surface area (Å²) in [5.41, 5.74) is 1.00. The third kappa shape index (κ3) is 5.31. The van der Waals surface area contributed by atoms with Crippen LogP contribution in [-0.4, -0.2) is 46.8 Å². The van der Waals surface area contributed by atoms with Crippen LogP contribution in [-0.2, 0) is 4.74 Å². The number of nitrogens with one attached hydrogen (secondary N) is 1. The van der Waals surface area contributed by atoms with Gasteiger partial charge in [0.25, 0.3) is 17.5 Å². The molecule has 0 spiro atoms. The van der Waals surface area contributed by atoms with Crippen LogP contribution in [0.5, 0.6) is 0 Å². The second kappa shape index (κ2) is 10.4. The van der Waals surface area contributed by atoms with E-state index in [0.29, 0.717) is 29.1 Å². The highest BCUT2D eigenvalue weighted by atomic mass is 32.1. The van der Waals surface area contributed by atoms with Gasteiger partial charge in [-0.25, -0.2) is 4.79 Å². The molecular formula is C22H27N3O6S. The van der Waals surface area contributed by atoms with Gasteiger partial charge in [-0.2, -0.15) is 0 Å². The van der Waals surface area contributed by atoms with Gasteiger partial charge in [-0.05, 0) is 59.2 Å². The molecule has 0 unspecified atom stereocenters. The molecule has 1 aromatic heterocycles. The molecule has 1 heterocycles. The van der Waals surface area contributed by atoms with Crippen LogP contribution in [0.1, 0.15) is 69.2 Å². The fourth-order valence-electron chi connectivity index (χ4n) is 3.16. The molecule has 0 aliphatic carbocycles. The standard InChI is InChI=1S/C22H27N3O6S/c1-7-24(8-2)21(27)18-14(6)17(22(28)31-12(3)4)20(32-18)23-19(26)15-9-10-16(25(29)30)13(5)11-15/h9-12H,7-8H2,1-6H3,(H,23,26). The van der Waals surface area contributed by atoms with E-state index in [1.807, 2.05) is 13.8 Å². The molecule has 0 saturated heterocycles. The number of esters is 1. The van der Waals surface area contributed by atoms with Crippen molar-refractivity contribution in [3.63, 3.8) is 0 Å². The molecule has 2 rings (SSSR count). The van der Waals surface area contributed by atoms with Crippen molar-refractivity contribution in [1.82, 2.24) is 4.90 Å². The smallest absolute Gasteiger partial charge is 0.341 e. The number of benzene rings is 1. The molecule has 1 aromatic carbocycles. The van der Waals surface area contributed by atoms with E-state index in [2.05, 4.69) is 5.32 Å². The van der Waals surface area contributed by atoms with Gasteiger partial charge in [0.15, 0.2) is 0 Å². The highest BCUT2D eigenvalue weighted by Gasteiger charge is 2.29. The zero-order chi connectivity index (χ0) is 24.2. The number of hydrogen-bond acceptors (Lipinski definition) is 7. The fraction of sp³-hybridized carbons (Fsp3) is 0.409. The zero-order valence-electron chi connectivity index (χ0n) is 19.0. The second-order valence-electron chi connectivity index (χ2n) is 7.40. The molecule has 0 radical (unpaired) electrons. The first-order valence-corrected chi connectivity index (χ1v) is 11.0. The van der Waals surface area contributed by atoms with E-state index in [0.717, 1.165) is 11.3 Å². The van der Waals surface area contributed by atoms with Crippen molar-refractivity contribution in [2.75, 3.05) is 18.4 Å². The number of aryl methyl sites for hydroxylation is 1. The van der Waals surface area contributed by atoms with Gasteiger partial charge < -0.3 is 15.0 Å². The Kier molecular flexibility index (Phi) is 8.09. The minimum Gasteiger partial charge on any atom is -0.459 e. The van der Waals surface area contributed by atoms with Crippen LogP contribution in [0.2, 0.25) is 0 Å². The summed E-state index contributed by atoms with van der Waals surface area (Å²) >= 11 is 1.01. The van der Waals surface area contributed by atoms with Gasteiger partial charge in [-0.3, -0.25) is 19.7 Å². The Morgan fingerprint density at radius 3 is 2.31 bits per heavy atom. The average molecular weight is 462 g/mol. The van der Waals surface area contributed by atoms with Gasteiger partial charge in [0.1, 0.15) is 5.00 Å². The van der Waals surface area contributed by atoms with E-state index in [4.69, 9.17) is 4.74 Å². The minimum atomic E-state index is -0.637. The van der Waals surface area contributed by atoms with Gasteiger partial charge in [-0.1, -0.05) is 0 Å². The summed E-state index contributed by atoms with van der Waals surface area (Å²) in [6.07, 6.45) is -0.385. The lowest BCUT2D eigenvalue weighted by molar-refractivity contribution is -0.385. The lowest BCUT2D eigenvalue weighted by atomic mass is 10.1. The largest absolute Gasteiger partial charge is 0.459 e. The molecule has 10 heteroatoms. The summed E-state index contributed by atoms with van der Waals surface area (Å²) in [6.45, 7) is 11.3. The molecule has 0 fully saturated rings. The summed E-state index contributed by atoms with van der Waals surface area (Å²) in [5.74, 6) is -1.42. The van der Waals surface area contributed by atoms with Crippen molar-refractivity contribution in [3.05, 3.63) is 55.4 Å². The fourth-order valence-corrected chi connectivity index (χ4v) is 4.31. The van der Waals surface area contributed by atoms with Crippen LogP contribution >= 0.6 is 11.3 Å². The van der Waals surface area contributed by atoms with Crippen molar-refractivity contribution >= 4 is 39.8 Å². The monoisotopic (exact) mass is 461 g/mol. The van der Waals surface area contributed by atoms with Crippen LogP contribution in [0.4, 0.5) is 10.7 Å². The molecule has 0 atom stereocenters. The number of rotatable bonds is 8. The number of nitro groups is 1. The number of ether oxygens (including phenoxy) is 1. The van der Waals surface area contributed by atoms with Crippen molar-refractivity contribution in [2.45, 2.75) is 47.6 Å². The Bertz CT molecular complexity index is 1060. The third-order valence-electron chi connectivity index (χ3n) is 4.82. The van der Waals surface area contributed by atoms with E-state index in [-0.39, 0.29) is 33.8 Å². The molecule has 0 aliphatic heterocycles. The number of hydrogen-bond donors (Lipinski definition) is 1. The van der Waals surface area contributed by atoms with Crippen LogP contribution in [0.25, 0.3) is 0 Å². The van der Waals surface area contributed by atoms with Gasteiger partial charge in [0.05, 0.1) is 21.5 Å². The van der Waals surface area contributed by atoms with Crippen molar-refractivity contribution < 1.29 is 24.0 Å². The van der Waals surface area contributed by atoms with Crippen molar-refractivity contribution in [1.29, 1.82) is 0 Å². The van der Waals surface area contributed by atoms with E-state index in [1.165, 1.54) is 25.1 Å². The SMILES string of the molecule is CCN(CC)C(=O)c1sc(NC(=O)c2ccc([N+](=O)[O-])c(C)c2)c(C(=O)OC(C)C)c1C. The zero-order valence-corrected chi connectivity index (χ0v) is 19.8. The second-order valence-corrected chi connectivity index (χ2v) is 8.42. The maximum Gasteiger partial charge on any atom is 0.341 e. The van der Waals surface area contributed by atoms with Crippen LogP contribution in [0.3, 0.4) is 0 Å². The lowest BCUT2D eigenvalue weighted by Crippen LogP contribution is -2.30. The number of nitrogens with zero attached hydrogens (tertiary/aromatic N) is 2. The lowest BCUT2D eigenvalue weighted by Gasteiger charge is -2.18.